The largest absolute Gasteiger partial charge is 0.438 e. The van der Waals surface area contributed by atoms with Crippen molar-refractivity contribution in [2.24, 2.45) is 5.41 Å². The second kappa shape index (κ2) is 11.5. The molecule has 0 spiro atoms. The molecule has 0 N–H and O–H groups in total. The van der Waals surface area contributed by atoms with Gasteiger partial charge < -0.3 is 23.3 Å². The number of benzene rings is 1. The number of imidazole rings is 1. The highest BCUT2D eigenvalue weighted by Gasteiger charge is 2.57. The molecule has 2 aromatic heterocycles. The van der Waals surface area contributed by atoms with Crippen LogP contribution in [0.1, 0.15) is 71.4 Å². The predicted octanol–water partition coefficient (Wildman–Crippen LogP) is 5.40. The molecule has 0 bridgehead atoms. The summed E-state index contributed by atoms with van der Waals surface area (Å²) in [5.74, 6) is -0.346. The van der Waals surface area contributed by atoms with Crippen LogP contribution in [0.3, 0.4) is 0 Å². The second-order valence-electron chi connectivity index (χ2n) is 12.4. The van der Waals surface area contributed by atoms with Gasteiger partial charge in [-0.2, -0.15) is 0 Å². The summed E-state index contributed by atoms with van der Waals surface area (Å²) in [4.78, 5) is 25.9. The lowest BCUT2D eigenvalue weighted by Crippen LogP contribution is -2.38. The van der Waals surface area contributed by atoms with Crippen molar-refractivity contribution in [2.75, 3.05) is 13.3 Å². The molecule has 7 atom stereocenters. The van der Waals surface area contributed by atoms with Crippen LogP contribution in [0.15, 0.2) is 43.0 Å². The van der Waals surface area contributed by atoms with Crippen LogP contribution in [0.5, 0.6) is 0 Å². The SMILES string of the molecule is CC[C@H]1O[C@@H](n2cnc3c(C)ncnc32)[C@@H](OCOC(=O)C(C)(C)C)C1O[P@@]1O[C@](C)(c2ccccc2)[C@@H]2CCCN21. The first-order valence-corrected chi connectivity index (χ1v) is 15.8. The summed E-state index contributed by atoms with van der Waals surface area (Å²) in [5.41, 5.74) is 2.11. The third-order valence-corrected chi connectivity index (χ3v) is 10.3. The zero-order valence-corrected chi connectivity index (χ0v) is 26.0. The van der Waals surface area contributed by atoms with E-state index in [0.717, 1.165) is 30.6 Å². The Bertz CT molecular complexity index is 1420. The van der Waals surface area contributed by atoms with E-state index in [0.29, 0.717) is 17.6 Å². The van der Waals surface area contributed by atoms with E-state index in [1.54, 1.807) is 6.33 Å². The number of carbonyl (C=O) groups excluding carboxylic acids is 1. The minimum atomic E-state index is -1.41. The summed E-state index contributed by atoms with van der Waals surface area (Å²) in [6, 6.07) is 10.6. The number of fused-ring (bicyclic) bond motifs is 2. The Hall–Kier alpha value is -2.53. The van der Waals surface area contributed by atoms with E-state index in [1.165, 1.54) is 6.33 Å². The standard InChI is InChI=1S/C30H40N5O6P/c1-7-21-24(40-42-35-15-11-14-22(35)30(6,41-42)20-12-9-8-10-13-20)25(37-18-38-28(36)29(3,4)5)27(39-21)34-17-33-23-19(2)31-16-32-26(23)34/h8-10,12-13,16-17,21-22,24-25,27H,7,11,14-15,18H2,1-6H3/t21-,22+,24?,25+,27-,30-,42+/m1/s1. The smallest absolute Gasteiger partial charge is 0.313 e. The number of aryl methyl sites for hydroxylation is 1. The molecule has 3 aliphatic rings. The molecule has 226 valence electrons. The fourth-order valence-electron chi connectivity index (χ4n) is 6.09. The number of aromatic nitrogens is 4. The first-order chi connectivity index (χ1) is 20.1. The fraction of sp³-hybridized carbons (Fsp3) is 0.600. The Morgan fingerprint density at radius 1 is 1.17 bits per heavy atom. The molecule has 3 aromatic rings. The van der Waals surface area contributed by atoms with Crippen molar-refractivity contribution in [3.63, 3.8) is 0 Å². The van der Waals surface area contributed by atoms with Crippen LogP contribution in [0.2, 0.25) is 0 Å². The lowest BCUT2D eigenvalue weighted by Gasteiger charge is -2.29. The molecule has 1 aromatic carbocycles. The van der Waals surface area contributed by atoms with Gasteiger partial charge in [0.2, 0.25) is 0 Å². The van der Waals surface area contributed by atoms with Crippen molar-refractivity contribution < 1.29 is 28.1 Å². The van der Waals surface area contributed by atoms with Crippen molar-refractivity contribution in [3.05, 3.63) is 54.2 Å². The maximum Gasteiger partial charge on any atom is 0.313 e. The van der Waals surface area contributed by atoms with Gasteiger partial charge in [0.1, 0.15) is 29.7 Å². The average molecular weight is 598 g/mol. The monoisotopic (exact) mass is 597 g/mol. The van der Waals surface area contributed by atoms with Crippen LogP contribution < -0.4 is 0 Å². The molecule has 11 nitrogen and oxygen atoms in total. The molecule has 0 radical (unpaired) electrons. The van der Waals surface area contributed by atoms with Crippen molar-refractivity contribution in [3.8, 4) is 0 Å². The third-order valence-electron chi connectivity index (χ3n) is 8.46. The third kappa shape index (κ3) is 5.25. The van der Waals surface area contributed by atoms with E-state index in [-0.39, 0.29) is 24.9 Å². The first kappa shape index (κ1) is 29.5. The average Bonchev–Trinajstić information content (AvgIpc) is 3.74. The molecule has 42 heavy (non-hydrogen) atoms. The molecule has 5 heterocycles. The first-order valence-electron chi connectivity index (χ1n) is 14.7. The van der Waals surface area contributed by atoms with Gasteiger partial charge in [-0.15, -0.1) is 0 Å². The van der Waals surface area contributed by atoms with Crippen molar-refractivity contribution in [1.29, 1.82) is 0 Å². The van der Waals surface area contributed by atoms with E-state index in [9.17, 15) is 4.79 Å². The second-order valence-corrected chi connectivity index (χ2v) is 13.8. The highest BCUT2D eigenvalue weighted by Crippen LogP contribution is 2.64. The number of carbonyl (C=O) groups is 1. The molecule has 3 fully saturated rings. The lowest BCUT2D eigenvalue weighted by molar-refractivity contribution is -0.178. The van der Waals surface area contributed by atoms with Crippen LogP contribution in [-0.2, 0) is 33.7 Å². The maximum absolute atomic E-state index is 12.6. The maximum atomic E-state index is 12.6. The highest BCUT2D eigenvalue weighted by atomic mass is 31.2. The van der Waals surface area contributed by atoms with Gasteiger partial charge in [0.15, 0.2) is 18.7 Å². The van der Waals surface area contributed by atoms with Crippen LogP contribution >= 0.6 is 8.53 Å². The Kier molecular flexibility index (Phi) is 8.10. The predicted molar refractivity (Wildman–Crippen MR) is 156 cm³/mol. The van der Waals surface area contributed by atoms with Crippen molar-refractivity contribution in [1.82, 2.24) is 24.2 Å². The normalized spacial score (nSPS) is 31.6. The summed E-state index contributed by atoms with van der Waals surface area (Å²) < 4.78 is 36.5. The number of hydrogen-bond donors (Lipinski definition) is 0. The molecule has 1 unspecified atom stereocenters. The Morgan fingerprint density at radius 3 is 2.69 bits per heavy atom. The summed E-state index contributed by atoms with van der Waals surface area (Å²) >= 11 is 0. The quantitative estimate of drug-likeness (QED) is 0.190. The van der Waals surface area contributed by atoms with Gasteiger partial charge in [0.05, 0.1) is 29.6 Å². The number of esters is 1. The Balaban J connectivity index is 1.30. The number of nitrogens with zero attached hydrogens (tertiary/aromatic N) is 5. The zero-order chi connectivity index (χ0) is 29.6. The summed E-state index contributed by atoms with van der Waals surface area (Å²) in [7, 11) is -1.41. The van der Waals surface area contributed by atoms with Gasteiger partial charge in [-0.05, 0) is 59.4 Å². The summed E-state index contributed by atoms with van der Waals surface area (Å²) in [5, 5.41) is 0. The van der Waals surface area contributed by atoms with Gasteiger partial charge in [-0.25, -0.2) is 19.6 Å². The lowest BCUT2D eigenvalue weighted by atomic mass is 9.87. The van der Waals surface area contributed by atoms with Crippen LogP contribution in [0.4, 0.5) is 0 Å². The number of ether oxygens (including phenoxy) is 3. The van der Waals surface area contributed by atoms with E-state index in [2.05, 4.69) is 57.7 Å². The minimum Gasteiger partial charge on any atom is -0.438 e. The van der Waals surface area contributed by atoms with Gasteiger partial charge in [-0.3, -0.25) is 9.36 Å². The highest BCUT2D eigenvalue weighted by molar-refractivity contribution is 7.45. The number of rotatable bonds is 8. The molecule has 3 aliphatic heterocycles. The molecule has 12 heteroatoms. The number of hydrogen-bond acceptors (Lipinski definition) is 10. The van der Waals surface area contributed by atoms with E-state index < -0.39 is 38.0 Å². The minimum absolute atomic E-state index is 0.216. The van der Waals surface area contributed by atoms with Crippen LogP contribution in [-0.4, -0.2) is 67.9 Å². The van der Waals surface area contributed by atoms with Gasteiger partial charge in [0, 0.05) is 6.54 Å². The Morgan fingerprint density at radius 2 is 1.95 bits per heavy atom. The molecule has 0 amide bonds. The van der Waals surface area contributed by atoms with Crippen molar-refractivity contribution in [2.45, 2.75) is 97.0 Å². The van der Waals surface area contributed by atoms with Crippen molar-refractivity contribution >= 4 is 25.7 Å². The summed E-state index contributed by atoms with van der Waals surface area (Å²) in [6.07, 6.45) is 4.01. The molecule has 0 aliphatic carbocycles. The van der Waals surface area contributed by atoms with Gasteiger partial charge in [-0.1, -0.05) is 37.3 Å². The molecule has 3 saturated heterocycles. The summed E-state index contributed by atoms with van der Waals surface area (Å²) in [6.45, 7) is 12.2. The molecule has 0 saturated carbocycles. The van der Waals surface area contributed by atoms with E-state index >= 15 is 0 Å². The van der Waals surface area contributed by atoms with Crippen LogP contribution in [0.25, 0.3) is 11.2 Å². The van der Waals surface area contributed by atoms with Gasteiger partial charge in [0.25, 0.3) is 8.53 Å². The van der Waals surface area contributed by atoms with Gasteiger partial charge >= 0.3 is 5.97 Å². The Labute approximate surface area is 247 Å². The van der Waals surface area contributed by atoms with E-state index in [1.807, 2.05) is 38.3 Å². The van der Waals surface area contributed by atoms with E-state index in [4.69, 9.17) is 23.3 Å². The molecular weight excluding hydrogens is 557 g/mol. The zero-order valence-electron chi connectivity index (χ0n) is 25.1. The van der Waals surface area contributed by atoms with Crippen LogP contribution in [0, 0.1) is 12.3 Å². The topological polar surface area (TPSA) is 110 Å². The molecular formula is C30H40N5O6P. The fourth-order valence-corrected chi connectivity index (χ4v) is 8.24. The molecule has 6 rings (SSSR count).